The van der Waals surface area contributed by atoms with E-state index in [1.165, 1.54) is 5.56 Å². The van der Waals surface area contributed by atoms with E-state index in [1.54, 1.807) is 24.5 Å². The van der Waals surface area contributed by atoms with Gasteiger partial charge in [-0.3, -0.25) is 4.98 Å². The summed E-state index contributed by atoms with van der Waals surface area (Å²) in [5.74, 6) is -0.918. The zero-order valence-electron chi connectivity index (χ0n) is 18.7. The van der Waals surface area contributed by atoms with Gasteiger partial charge in [0.1, 0.15) is 0 Å². The Balaban J connectivity index is 0.00000204. The lowest BCUT2D eigenvalue weighted by Gasteiger charge is -2.17. The van der Waals surface area contributed by atoms with Crippen molar-refractivity contribution in [3.05, 3.63) is 102 Å². The molecule has 7 heteroatoms. The Morgan fingerprint density at radius 2 is 1.65 bits per heavy atom. The number of nitrogens with one attached hydrogen (secondary N) is 1. The number of aliphatic hydroxyl groups is 1. The van der Waals surface area contributed by atoms with E-state index >= 15 is 0 Å². The number of fused-ring (bicyclic) bond motifs is 1. The first kappa shape index (κ1) is 27.3. The molecule has 0 radical (unpaired) electrons. The molecule has 0 fully saturated rings. The fraction of sp³-hybridized carbons (Fsp3) is 0.185. The van der Waals surface area contributed by atoms with Gasteiger partial charge in [-0.2, -0.15) is 0 Å². The van der Waals surface area contributed by atoms with E-state index < -0.39 is 12.1 Å². The highest BCUT2D eigenvalue weighted by atomic mass is 35.5. The third-order valence-corrected chi connectivity index (χ3v) is 5.69. The third kappa shape index (κ3) is 6.33. The molecular formula is C27H28Cl2N2O3. The summed E-state index contributed by atoms with van der Waals surface area (Å²) < 4.78 is 0. The van der Waals surface area contributed by atoms with Crippen LogP contribution in [0.4, 0.5) is 0 Å². The fourth-order valence-corrected chi connectivity index (χ4v) is 4.00. The van der Waals surface area contributed by atoms with Crippen molar-refractivity contribution in [3.63, 3.8) is 0 Å². The van der Waals surface area contributed by atoms with Crippen LogP contribution in [0.2, 0.25) is 0 Å². The van der Waals surface area contributed by atoms with Gasteiger partial charge < -0.3 is 15.5 Å². The van der Waals surface area contributed by atoms with E-state index in [2.05, 4.69) is 41.5 Å². The molecule has 1 heterocycles. The summed E-state index contributed by atoms with van der Waals surface area (Å²) in [6, 6.07) is 23.4. The molecular weight excluding hydrogens is 471 g/mol. The molecule has 0 aliphatic rings. The predicted octanol–water partition coefficient (Wildman–Crippen LogP) is 5.70. The van der Waals surface area contributed by atoms with E-state index in [-0.39, 0.29) is 30.9 Å². The lowest BCUT2D eigenvalue weighted by molar-refractivity contribution is 0.0699. The first-order valence-electron chi connectivity index (χ1n) is 10.7. The van der Waals surface area contributed by atoms with Gasteiger partial charge in [0, 0.05) is 30.5 Å². The third-order valence-electron chi connectivity index (χ3n) is 5.69. The Labute approximate surface area is 211 Å². The number of pyridine rings is 1. The normalized spacial score (nSPS) is 12.3. The molecule has 0 aliphatic heterocycles. The standard InChI is InChI=1S/C27H26N2O3.2ClH/c1-18(29-17-26(30)21-5-4-14-28-16-21)15-19-10-12-20(13-11-19)22-6-2-8-24-23(22)7-3-9-25(24)27(31)32;;/h2-14,16,18,26,29-30H,15,17H2,1H3,(H,31,32);2*1H/t18-,26-;;/m1../s1. The molecule has 0 spiro atoms. The second-order valence-electron chi connectivity index (χ2n) is 8.02. The van der Waals surface area contributed by atoms with Gasteiger partial charge in [0.25, 0.3) is 0 Å². The van der Waals surface area contributed by atoms with Gasteiger partial charge >= 0.3 is 5.97 Å². The zero-order chi connectivity index (χ0) is 22.5. The summed E-state index contributed by atoms with van der Waals surface area (Å²) in [6.07, 6.45) is 3.62. The van der Waals surface area contributed by atoms with Gasteiger partial charge in [-0.25, -0.2) is 4.79 Å². The second kappa shape index (κ2) is 12.5. The van der Waals surface area contributed by atoms with Crippen LogP contribution in [0.15, 0.2) is 85.2 Å². The van der Waals surface area contributed by atoms with Crippen molar-refractivity contribution in [1.82, 2.24) is 10.3 Å². The maximum absolute atomic E-state index is 11.6. The highest BCUT2D eigenvalue weighted by molar-refractivity contribution is 6.08. The summed E-state index contributed by atoms with van der Waals surface area (Å²) in [5, 5.41) is 24.8. The van der Waals surface area contributed by atoms with Crippen molar-refractivity contribution in [2.24, 2.45) is 0 Å². The lowest BCUT2D eigenvalue weighted by Crippen LogP contribution is -2.32. The van der Waals surface area contributed by atoms with Crippen LogP contribution in [0, 0.1) is 0 Å². The van der Waals surface area contributed by atoms with E-state index in [1.807, 2.05) is 36.4 Å². The second-order valence-corrected chi connectivity index (χ2v) is 8.02. The van der Waals surface area contributed by atoms with Crippen LogP contribution in [0.25, 0.3) is 21.9 Å². The number of carboxylic acid groups (broad SMARTS) is 1. The molecule has 3 N–H and O–H groups in total. The maximum Gasteiger partial charge on any atom is 0.336 e. The highest BCUT2D eigenvalue weighted by Crippen LogP contribution is 2.30. The van der Waals surface area contributed by atoms with Gasteiger partial charge in [-0.05, 0) is 52.9 Å². The van der Waals surface area contributed by atoms with E-state index in [0.29, 0.717) is 12.1 Å². The minimum absolute atomic E-state index is 0. The van der Waals surface area contributed by atoms with E-state index in [4.69, 9.17) is 0 Å². The van der Waals surface area contributed by atoms with Crippen LogP contribution in [0.1, 0.15) is 34.5 Å². The number of benzene rings is 3. The number of aliphatic hydroxyl groups excluding tert-OH is 1. The number of carboxylic acids is 1. The molecule has 4 aromatic rings. The van der Waals surface area contributed by atoms with Crippen molar-refractivity contribution >= 4 is 41.6 Å². The molecule has 1 aromatic heterocycles. The number of nitrogens with zero attached hydrogens (tertiary/aromatic N) is 1. The number of aromatic carboxylic acids is 1. The topological polar surface area (TPSA) is 82.5 Å². The van der Waals surface area contributed by atoms with Crippen molar-refractivity contribution in [2.45, 2.75) is 25.5 Å². The molecule has 3 aromatic carbocycles. The number of hydrogen-bond acceptors (Lipinski definition) is 4. The number of rotatable bonds is 8. The summed E-state index contributed by atoms with van der Waals surface area (Å²) >= 11 is 0. The Bertz CT molecular complexity index is 1220. The molecule has 178 valence electrons. The number of halogens is 2. The molecule has 0 saturated heterocycles. The molecule has 0 unspecified atom stereocenters. The fourth-order valence-electron chi connectivity index (χ4n) is 4.00. The number of carbonyl (C=O) groups is 1. The van der Waals surface area contributed by atoms with Gasteiger partial charge in [0.05, 0.1) is 11.7 Å². The molecule has 0 aliphatic carbocycles. The van der Waals surface area contributed by atoms with Crippen molar-refractivity contribution in [2.75, 3.05) is 6.54 Å². The summed E-state index contributed by atoms with van der Waals surface area (Å²) in [4.78, 5) is 15.6. The zero-order valence-corrected chi connectivity index (χ0v) is 20.4. The van der Waals surface area contributed by atoms with Crippen LogP contribution in [0.5, 0.6) is 0 Å². The van der Waals surface area contributed by atoms with Crippen LogP contribution >= 0.6 is 24.8 Å². The van der Waals surface area contributed by atoms with Gasteiger partial charge in [0.15, 0.2) is 0 Å². The molecule has 0 saturated carbocycles. The van der Waals surface area contributed by atoms with Gasteiger partial charge in [0.2, 0.25) is 0 Å². The lowest BCUT2D eigenvalue weighted by atomic mass is 9.94. The SMILES string of the molecule is C[C@H](Cc1ccc(-c2cccc3c(C(=O)O)cccc23)cc1)NC[C@@H](O)c1cccnc1.Cl.Cl. The highest BCUT2D eigenvalue weighted by Gasteiger charge is 2.12. The Morgan fingerprint density at radius 3 is 2.32 bits per heavy atom. The van der Waals surface area contributed by atoms with Crippen LogP contribution in [-0.4, -0.2) is 33.8 Å². The smallest absolute Gasteiger partial charge is 0.336 e. The first-order chi connectivity index (χ1) is 15.5. The largest absolute Gasteiger partial charge is 0.478 e. The molecule has 4 rings (SSSR count). The van der Waals surface area contributed by atoms with Crippen molar-refractivity contribution in [1.29, 1.82) is 0 Å². The Hall–Kier alpha value is -2.96. The summed E-state index contributed by atoms with van der Waals surface area (Å²) in [7, 11) is 0. The number of aromatic nitrogens is 1. The maximum atomic E-state index is 11.6. The van der Waals surface area contributed by atoms with Crippen molar-refractivity contribution < 1.29 is 15.0 Å². The monoisotopic (exact) mass is 498 g/mol. The minimum Gasteiger partial charge on any atom is -0.478 e. The average molecular weight is 499 g/mol. The predicted molar refractivity (Wildman–Crippen MR) is 141 cm³/mol. The molecule has 0 bridgehead atoms. The molecule has 5 nitrogen and oxygen atoms in total. The average Bonchev–Trinajstić information content (AvgIpc) is 2.82. The van der Waals surface area contributed by atoms with E-state index in [9.17, 15) is 15.0 Å². The quantitative estimate of drug-likeness (QED) is 0.290. The molecule has 34 heavy (non-hydrogen) atoms. The molecule has 2 atom stereocenters. The summed E-state index contributed by atoms with van der Waals surface area (Å²) in [5.41, 5.74) is 4.38. The summed E-state index contributed by atoms with van der Waals surface area (Å²) in [6.45, 7) is 2.56. The first-order valence-corrected chi connectivity index (χ1v) is 10.7. The van der Waals surface area contributed by atoms with Gasteiger partial charge in [-0.15, -0.1) is 24.8 Å². The van der Waals surface area contributed by atoms with Crippen molar-refractivity contribution in [3.8, 4) is 11.1 Å². The van der Waals surface area contributed by atoms with Crippen LogP contribution < -0.4 is 5.32 Å². The van der Waals surface area contributed by atoms with Crippen LogP contribution in [0.3, 0.4) is 0 Å². The minimum atomic E-state index is -0.918. The number of hydrogen-bond donors (Lipinski definition) is 3. The Morgan fingerprint density at radius 1 is 0.941 bits per heavy atom. The molecule has 0 amide bonds. The van der Waals surface area contributed by atoms with E-state index in [0.717, 1.165) is 33.9 Å². The van der Waals surface area contributed by atoms with Crippen LogP contribution in [-0.2, 0) is 6.42 Å². The Kier molecular flexibility index (Phi) is 10.0. The van der Waals surface area contributed by atoms with Gasteiger partial charge in [-0.1, -0.05) is 60.7 Å².